The number of benzene rings is 6. The zero-order valence-corrected chi connectivity index (χ0v) is 33.0. The van der Waals surface area contributed by atoms with Crippen LogP contribution in [0.3, 0.4) is 0 Å². The molecule has 324 valence electrons. The number of ether oxygens (including phenoxy) is 3. The minimum Gasteiger partial charge on any atom is -0.426 e. The Bertz CT molecular complexity index is 2480. The van der Waals surface area contributed by atoms with Crippen molar-refractivity contribution in [1.82, 2.24) is 0 Å². The molecule has 6 aromatic carbocycles. The van der Waals surface area contributed by atoms with Gasteiger partial charge in [0.1, 0.15) is 23.3 Å². The quantitative estimate of drug-likeness (QED) is 0.136. The Kier molecular flexibility index (Phi) is 14.8. The molecule has 0 radical (unpaired) electrons. The van der Waals surface area contributed by atoms with E-state index in [9.17, 15) is 57.1 Å². The second kappa shape index (κ2) is 19.0. The second-order valence-corrected chi connectivity index (χ2v) is 13.7. The van der Waals surface area contributed by atoms with Gasteiger partial charge in [-0.3, -0.25) is 0 Å². The van der Waals surface area contributed by atoms with Crippen molar-refractivity contribution in [2.45, 2.75) is 59.9 Å². The van der Waals surface area contributed by atoms with Crippen molar-refractivity contribution < 1.29 is 71.3 Å². The van der Waals surface area contributed by atoms with E-state index in [0.29, 0.717) is 40.5 Å². The van der Waals surface area contributed by atoms with E-state index in [-0.39, 0.29) is 11.1 Å². The highest BCUT2D eigenvalue weighted by Crippen LogP contribution is 2.37. The van der Waals surface area contributed by atoms with Gasteiger partial charge in [-0.1, -0.05) is 30.3 Å². The van der Waals surface area contributed by atoms with Crippen LogP contribution in [-0.2, 0) is 18.3 Å². The Balaban J connectivity index is 0.000000202. The zero-order chi connectivity index (χ0) is 45.6. The maximum Gasteiger partial charge on any atom is 0.429 e. The van der Waals surface area contributed by atoms with E-state index in [1.54, 1.807) is 27.7 Å². The number of rotatable bonds is 9. The monoisotopic (exact) mass is 870 g/mol. The summed E-state index contributed by atoms with van der Waals surface area (Å²) >= 11 is 0. The molecule has 0 aliphatic rings. The molecule has 0 amide bonds. The number of alkyl halides is 6. The van der Waals surface area contributed by atoms with Crippen LogP contribution in [0.4, 0.5) is 57.1 Å². The Morgan fingerprint density at radius 1 is 0.328 bits per heavy atom. The summed E-state index contributed by atoms with van der Waals surface area (Å²) in [4.78, 5) is 0. The topological polar surface area (TPSA) is 27.7 Å². The first kappa shape index (κ1) is 47.5. The molecule has 0 fully saturated rings. The molecule has 0 unspecified atom stereocenters. The third-order valence-corrected chi connectivity index (χ3v) is 8.54. The van der Waals surface area contributed by atoms with Gasteiger partial charge in [0, 0.05) is 5.56 Å². The Morgan fingerprint density at radius 3 is 1.05 bits per heavy atom. The molecule has 0 spiro atoms. The minimum absolute atomic E-state index is 0.242. The molecule has 16 heteroatoms. The third-order valence-electron chi connectivity index (χ3n) is 8.54. The molecule has 61 heavy (non-hydrogen) atoms. The first-order valence-corrected chi connectivity index (χ1v) is 17.8. The van der Waals surface area contributed by atoms with Crippen LogP contribution in [0, 0.1) is 82.3 Å². The molecule has 0 atom stereocenters. The van der Waals surface area contributed by atoms with Crippen LogP contribution in [-0.4, -0.2) is 0 Å². The molecule has 0 aliphatic heterocycles. The van der Waals surface area contributed by atoms with Crippen molar-refractivity contribution in [2.24, 2.45) is 0 Å². The van der Waals surface area contributed by atoms with E-state index in [1.807, 2.05) is 0 Å². The van der Waals surface area contributed by atoms with E-state index in [1.165, 1.54) is 37.3 Å². The van der Waals surface area contributed by atoms with Crippen molar-refractivity contribution in [3.05, 3.63) is 194 Å². The average Bonchev–Trinajstić information content (AvgIpc) is 3.15. The predicted molar refractivity (Wildman–Crippen MR) is 200 cm³/mol. The molecule has 0 aliphatic carbocycles. The lowest BCUT2D eigenvalue weighted by atomic mass is 10.1. The summed E-state index contributed by atoms with van der Waals surface area (Å²) in [6.07, 6.45) is -11.8. The summed E-state index contributed by atoms with van der Waals surface area (Å²) in [6, 6.07) is 17.8. The predicted octanol–water partition coefficient (Wildman–Crippen LogP) is 14.3. The van der Waals surface area contributed by atoms with Crippen molar-refractivity contribution in [2.75, 3.05) is 0 Å². The summed E-state index contributed by atoms with van der Waals surface area (Å²) in [6.45, 7) is 8.97. The normalized spacial score (nSPS) is 11.5. The van der Waals surface area contributed by atoms with Gasteiger partial charge in [-0.25, -0.2) is 30.7 Å². The molecule has 0 bridgehead atoms. The fourth-order valence-electron chi connectivity index (χ4n) is 5.10. The SMILES string of the molecule is Cc1ccc(OC(F)(F)c2cc(F)c(C)c(F)c2)c(F)c1.Cc1ccc(OC(F)(F)c2ccc(C)c(F)c2)c(F)c1.Cc1ccc(OC(F)(F)c2ccc(C)cc2F)c(F)c1. The molecule has 3 nitrogen and oxygen atoms in total. The van der Waals surface area contributed by atoms with Crippen LogP contribution in [0.5, 0.6) is 17.2 Å². The average molecular weight is 871 g/mol. The lowest BCUT2D eigenvalue weighted by molar-refractivity contribution is -0.189. The summed E-state index contributed by atoms with van der Waals surface area (Å²) in [5, 5.41) is 0. The zero-order valence-electron chi connectivity index (χ0n) is 33.0. The lowest BCUT2D eigenvalue weighted by Gasteiger charge is -2.19. The molecule has 0 heterocycles. The van der Waals surface area contributed by atoms with Gasteiger partial charge >= 0.3 is 18.3 Å². The molecular weight excluding hydrogens is 835 g/mol. The Hall–Kier alpha value is -6.19. The molecule has 0 N–H and O–H groups in total. The van der Waals surface area contributed by atoms with Crippen molar-refractivity contribution in [3.8, 4) is 17.2 Å². The first-order chi connectivity index (χ1) is 28.3. The summed E-state index contributed by atoms with van der Waals surface area (Å²) < 4.78 is 190. The number of hydrogen-bond acceptors (Lipinski definition) is 3. The summed E-state index contributed by atoms with van der Waals surface area (Å²) in [7, 11) is 0. The number of aryl methyl sites for hydroxylation is 5. The largest absolute Gasteiger partial charge is 0.429 e. The van der Waals surface area contributed by atoms with Gasteiger partial charge < -0.3 is 14.2 Å². The van der Waals surface area contributed by atoms with Crippen LogP contribution in [0.15, 0.2) is 103 Å². The second-order valence-electron chi connectivity index (χ2n) is 13.7. The molecule has 6 aromatic rings. The summed E-state index contributed by atoms with van der Waals surface area (Å²) in [5.41, 5.74) is -0.577. The van der Waals surface area contributed by atoms with E-state index in [2.05, 4.69) is 14.2 Å². The van der Waals surface area contributed by atoms with Crippen molar-refractivity contribution in [1.29, 1.82) is 0 Å². The minimum atomic E-state index is -4.06. The van der Waals surface area contributed by atoms with Crippen LogP contribution < -0.4 is 14.2 Å². The fourth-order valence-corrected chi connectivity index (χ4v) is 5.10. The lowest BCUT2D eigenvalue weighted by Crippen LogP contribution is -2.24. The van der Waals surface area contributed by atoms with Crippen LogP contribution in [0.25, 0.3) is 0 Å². The van der Waals surface area contributed by atoms with Crippen LogP contribution >= 0.6 is 0 Å². The number of hydrogen-bond donors (Lipinski definition) is 0. The number of halogens is 13. The van der Waals surface area contributed by atoms with Gasteiger partial charge in [0.2, 0.25) is 0 Å². The Labute approximate surface area is 342 Å². The van der Waals surface area contributed by atoms with Crippen molar-refractivity contribution >= 4 is 0 Å². The van der Waals surface area contributed by atoms with E-state index in [4.69, 9.17) is 0 Å². The van der Waals surface area contributed by atoms with Gasteiger partial charge in [0.05, 0.1) is 16.7 Å². The van der Waals surface area contributed by atoms with Gasteiger partial charge in [0.15, 0.2) is 34.7 Å². The van der Waals surface area contributed by atoms with Gasteiger partial charge in [-0.2, -0.15) is 26.3 Å². The molecule has 0 aromatic heterocycles. The van der Waals surface area contributed by atoms with Crippen molar-refractivity contribution in [3.63, 3.8) is 0 Å². The van der Waals surface area contributed by atoms with E-state index >= 15 is 0 Å². The molecule has 0 saturated carbocycles. The fraction of sp³-hybridized carbons (Fsp3) is 0.200. The highest BCUT2D eigenvalue weighted by molar-refractivity contribution is 5.34. The molecule has 6 rings (SSSR count). The standard InChI is InChI=1S/C15H11F5O.2C15H12F4O/c1-8-3-4-14(13(18)5-8)21-15(19,20)10-6-11(16)9(2)12(17)7-10;1-9-3-6-14(13(17)7-9)20-15(18,19)11-5-4-10(2)12(16)8-11;1-9-3-5-11(12(16)7-9)15(18,19)20-14-6-4-10(2)8-13(14)17/h3-7H,1-2H3;2*3-8H,1-2H3. The van der Waals surface area contributed by atoms with Crippen LogP contribution in [0.2, 0.25) is 0 Å². The van der Waals surface area contributed by atoms with Crippen LogP contribution in [0.1, 0.15) is 50.1 Å². The molecule has 0 saturated heterocycles. The summed E-state index contributed by atoms with van der Waals surface area (Å²) in [5.74, 6) is -8.82. The maximum absolute atomic E-state index is 13.9. The van der Waals surface area contributed by atoms with E-state index in [0.717, 1.165) is 61.5 Å². The third kappa shape index (κ3) is 12.4. The van der Waals surface area contributed by atoms with Gasteiger partial charge in [0.25, 0.3) is 0 Å². The first-order valence-electron chi connectivity index (χ1n) is 17.8. The smallest absolute Gasteiger partial charge is 0.426 e. The van der Waals surface area contributed by atoms with E-state index < -0.39 is 93.0 Å². The maximum atomic E-state index is 13.9. The highest BCUT2D eigenvalue weighted by Gasteiger charge is 2.39. The molecular formula is C45H35F13O3. The Morgan fingerprint density at radius 2 is 0.672 bits per heavy atom. The van der Waals surface area contributed by atoms with Gasteiger partial charge in [-0.15, -0.1) is 0 Å². The highest BCUT2D eigenvalue weighted by atomic mass is 19.3. The van der Waals surface area contributed by atoms with Gasteiger partial charge in [-0.05, 0) is 142 Å².